The average Bonchev–Trinajstić information content (AvgIpc) is 3.08. The van der Waals surface area contributed by atoms with Crippen molar-refractivity contribution in [3.8, 4) is 0 Å². The van der Waals surface area contributed by atoms with Crippen molar-refractivity contribution in [2.75, 3.05) is 12.4 Å². The molecule has 8 nitrogen and oxygen atoms in total. The highest BCUT2D eigenvalue weighted by Gasteiger charge is 2.19. The number of anilines is 1. The molecule has 3 aromatic rings. The van der Waals surface area contributed by atoms with Crippen molar-refractivity contribution in [3.05, 3.63) is 42.5 Å². The Morgan fingerprint density at radius 1 is 1.32 bits per heavy atom. The lowest BCUT2D eigenvalue weighted by Crippen LogP contribution is -2.44. The molecule has 130 valence electrons. The number of nitrogens with one attached hydrogen (secondary N) is 2. The third kappa shape index (κ3) is 3.58. The number of nitrogens with two attached hydrogens (primary N) is 1. The number of para-hydroxylation sites is 1. The lowest BCUT2D eigenvalue weighted by molar-refractivity contribution is 0.514. The number of amidine groups is 1. The fourth-order valence-electron chi connectivity index (χ4n) is 2.60. The molecule has 2 aromatic heterocycles. The molecule has 0 aliphatic heterocycles. The van der Waals surface area contributed by atoms with E-state index in [2.05, 4.69) is 32.2 Å². The van der Waals surface area contributed by atoms with Crippen LogP contribution in [0.2, 0.25) is 0 Å². The topological polar surface area (TPSA) is 108 Å². The molecule has 0 amide bonds. The Labute approximate surface area is 146 Å². The van der Waals surface area contributed by atoms with Crippen LogP contribution in [0.3, 0.4) is 0 Å². The Kier molecular flexibility index (Phi) is 4.90. The molecule has 0 aliphatic carbocycles. The Bertz CT molecular complexity index is 883. The van der Waals surface area contributed by atoms with Crippen LogP contribution in [-0.2, 0) is 0 Å². The zero-order chi connectivity index (χ0) is 17.8. The molecule has 0 bridgehead atoms. The first-order valence-corrected chi connectivity index (χ1v) is 8.13. The molecular weight excluding hydrogens is 316 g/mol. The van der Waals surface area contributed by atoms with Crippen molar-refractivity contribution < 1.29 is 0 Å². The van der Waals surface area contributed by atoms with Crippen LogP contribution in [0.15, 0.2) is 41.9 Å². The van der Waals surface area contributed by atoms with Crippen molar-refractivity contribution in [2.45, 2.75) is 26.3 Å². The number of likely N-dealkylation sites (N-methyl/N-ethyl adjacent to an activating group) is 1. The number of aliphatic imine (C=N–C) groups is 1. The molecule has 1 aromatic carbocycles. The molecule has 1 atom stereocenters. The Hall–Kier alpha value is -3.00. The van der Waals surface area contributed by atoms with Gasteiger partial charge in [0.2, 0.25) is 0 Å². The van der Waals surface area contributed by atoms with Gasteiger partial charge in [-0.25, -0.2) is 25.8 Å². The summed E-state index contributed by atoms with van der Waals surface area (Å²) >= 11 is 0. The largest absolute Gasteiger partial charge is 0.358 e. The van der Waals surface area contributed by atoms with E-state index in [1.807, 2.05) is 31.2 Å². The van der Waals surface area contributed by atoms with Crippen LogP contribution in [0.1, 0.15) is 18.9 Å². The number of nitrogens with zero attached hydrogens (tertiary/aromatic N) is 5. The Balaban J connectivity index is 1.96. The van der Waals surface area contributed by atoms with Gasteiger partial charge in [0, 0.05) is 7.05 Å². The number of fused-ring (bicyclic) bond motifs is 1. The van der Waals surface area contributed by atoms with Crippen LogP contribution in [0.5, 0.6) is 0 Å². The predicted molar refractivity (Wildman–Crippen MR) is 99.6 cm³/mol. The summed E-state index contributed by atoms with van der Waals surface area (Å²) < 4.78 is 0. The van der Waals surface area contributed by atoms with Crippen LogP contribution in [0.4, 0.5) is 11.5 Å². The summed E-state index contributed by atoms with van der Waals surface area (Å²) in [5, 5.41) is 4.94. The summed E-state index contributed by atoms with van der Waals surface area (Å²) in [6, 6.07) is 7.85. The second-order valence-corrected chi connectivity index (χ2v) is 5.80. The molecule has 0 spiro atoms. The van der Waals surface area contributed by atoms with E-state index in [9.17, 15) is 0 Å². The van der Waals surface area contributed by atoms with E-state index in [0.29, 0.717) is 11.5 Å². The summed E-state index contributed by atoms with van der Waals surface area (Å²) in [6.07, 6.45) is 3.87. The van der Waals surface area contributed by atoms with Crippen molar-refractivity contribution in [1.82, 2.24) is 24.9 Å². The summed E-state index contributed by atoms with van der Waals surface area (Å²) in [7, 11) is 1.78. The van der Waals surface area contributed by atoms with E-state index in [0.717, 1.165) is 29.0 Å². The van der Waals surface area contributed by atoms with E-state index >= 15 is 0 Å². The van der Waals surface area contributed by atoms with Gasteiger partial charge in [-0.2, -0.15) is 0 Å². The number of aromatic amines is 1. The minimum absolute atomic E-state index is 0.115. The molecule has 2 heterocycles. The Morgan fingerprint density at radius 2 is 2.12 bits per heavy atom. The lowest BCUT2D eigenvalue weighted by atomic mass is 10.1. The molecule has 0 radical (unpaired) electrons. The normalized spacial score (nSPS) is 13.0. The fourth-order valence-corrected chi connectivity index (χ4v) is 2.60. The van der Waals surface area contributed by atoms with Crippen LogP contribution >= 0.6 is 0 Å². The first kappa shape index (κ1) is 16.8. The number of hydrogen-bond acceptors (Lipinski definition) is 6. The minimum atomic E-state index is -0.115. The number of rotatable bonds is 5. The first-order valence-electron chi connectivity index (χ1n) is 8.13. The van der Waals surface area contributed by atoms with E-state index in [-0.39, 0.29) is 6.04 Å². The van der Waals surface area contributed by atoms with Crippen LogP contribution in [0.25, 0.3) is 11.2 Å². The van der Waals surface area contributed by atoms with Gasteiger partial charge in [-0.3, -0.25) is 5.01 Å². The van der Waals surface area contributed by atoms with Crippen LogP contribution in [0, 0.1) is 6.92 Å². The molecule has 0 saturated carbocycles. The number of aryl methyl sites for hydroxylation is 1. The third-order valence-corrected chi connectivity index (χ3v) is 3.97. The smallest absolute Gasteiger partial charge is 0.182 e. The van der Waals surface area contributed by atoms with Gasteiger partial charge < -0.3 is 10.3 Å². The van der Waals surface area contributed by atoms with Gasteiger partial charge in [0.15, 0.2) is 11.5 Å². The van der Waals surface area contributed by atoms with E-state index in [4.69, 9.17) is 10.8 Å². The molecule has 25 heavy (non-hydrogen) atoms. The van der Waals surface area contributed by atoms with E-state index in [1.165, 1.54) is 6.33 Å². The molecule has 3 rings (SSSR count). The second kappa shape index (κ2) is 7.27. The highest BCUT2D eigenvalue weighted by atomic mass is 15.4. The number of hydrazine groups is 1. The average molecular weight is 338 g/mol. The van der Waals surface area contributed by atoms with Gasteiger partial charge >= 0.3 is 0 Å². The number of benzene rings is 1. The number of aromatic nitrogens is 4. The molecule has 0 saturated heterocycles. The lowest BCUT2D eigenvalue weighted by Gasteiger charge is -2.25. The number of H-pyrrole nitrogens is 1. The van der Waals surface area contributed by atoms with Gasteiger partial charge in [0.05, 0.1) is 18.1 Å². The quantitative estimate of drug-likeness (QED) is 0.285. The van der Waals surface area contributed by atoms with E-state index in [1.54, 1.807) is 18.4 Å². The Morgan fingerprint density at radius 3 is 2.84 bits per heavy atom. The maximum atomic E-state index is 6.07. The fraction of sp³-hybridized carbons (Fsp3) is 0.294. The zero-order valence-corrected chi connectivity index (χ0v) is 14.6. The highest BCUT2D eigenvalue weighted by molar-refractivity contribution is 5.93. The van der Waals surface area contributed by atoms with Crippen LogP contribution in [-0.4, -0.2) is 43.9 Å². The SMILES string of the molecule is CCC(Nc1ncnc2nc[nH]c12)C(=Nc1ccccc1C)N(C)N. The number of hydrogen-bond donors (Lipinski definition) is 3. The summed E-state index contributed by atoms with van der Waals surface area (Å²) in [4.78, 5) is 20.5. The first-order chi connectivity index (χ1) is 12.1. The van der Waals surface area contributed by atoms with Gasteiger partial charge in [0.25, 0.3) is 0 Å². The van der Waals surface area contributed by atoms with Crippen LogP contribution < -0.4 is 11.2 Å². The summed E-state index contributed by atoms with van der Waals surface area (Å²) in [5.41, 5.74) is 3.36. The molecule has 8 heteroatoms. The van der Waals surface area contributed by atoms with Gasteiger partial charge in [-0.1, -0.05) is 25.1 Å². The van der Waals surface area contributed by atoms with Crippen molar-refractivity contribution in [2.24, 2.45) is 10.8 Å². The van der Waals surface area contributed by atoms with Gasteiger partial charge in [0.1, 0.15) is 17.7 Å². The molecule has 4 N–H and O–H groups in total. The maximum Gasteiger partial charge on any atom is 0.182 e. The second-order valence-electron chi connectivity index (χ2n) is 5.80. The van der Waals surface area contributed by atoms with E-state index < -0.39 is 0 Å². The predicted octanol–water partition coefficient (Wildman–Crippen LogP) is 2.39. The third-order valence-electron chi connectivity index (χ3n) is 3.97. The standard InChI is InChI=1S/C17H22N8/c1-4-12(23-16-14-15(20-9-19-14)21-10-22-16)17(25(3)18)24-13-8-6-5-7-11(13)2/h5-10,12H,4,18H2,1-3H3,(H2,19,20,21,22,23). The molecular formula is C17H22N8. The molecule has 0 fully saturated rings. The van der Waals surface area contributed by atoms with Gasteiger partial charge in [-0.05, 0) is 25.0 Å². The highest BCUT2D eigenvalue weighted by Crippen LogP contribution is 2.21. The maximum absolute atomic E-state index is 6.07. The summed E-state index contributed by atoms with van der Waals surface area (Å²) in [5.74, 6) is 7.47. The molecule has 1 unspecified atom stereocenters. The monoisotopic (exact) mass is 338 g/mol. The zero-order valence-electron chi connectivity index (χ0n) is 14.6. The van der Waals surface area contributed by atoms with Crippen molar-refractivity contribution in [1.29, 1.82) is 0 Å². The van der Waals surface area contributed by atoms with Crippen molar-refractivity contribution in [3.63, 3.8) is 0 Å². The van der Waals surface area contributed by atoms with Gasteiger partial charge in [-0.15, -0.1) is 0 Å². The minimum Gasteiger partial charge on any atom is -0.358 e. The number of imidazole rings is 1. The molecule has 0 aliphatic rings. The van der Waals surface area contributed by atoms with Crippen molar-refractivity contribution >= 4 is 28.5 Å². The summed E-state index contributed by atoms with van der Waals surface area (Å²) in [6.45, 7) is 4.10.